The van der Waals surface area contributed by atoms with Crippen LogP contribution in [0.2, 0.25) is 0 Å². The van der Waals surface area contributed by atoms with Crippen molar-refractivity contribution in [3.05, 3.63) is 53.5 Å². The highest BCUT2D eigenvalue weighted by Crippen LogP contribution is 2.23. The first kappa shape index (κ1) is 11.7. The van der Waals surface area contributed by atoms with E-state index < -0.39 is 0 Å². The van der Waals surface area contributed by atoms with Crippen LogP contribution in [-0.4, -0.2) is 7.11 Å². The number of ether oxygens (including phenoxy) is 1. The molecular formula is C14H17NO2. The average Bonchev–Trinajstić information content (AvgIpc) is 2.81. The summed E-state index contributed by atoms with van der Waals surface area (Å²) in [6.07, 6.45) is 2.38. The van der Waals surface area contributed by atoms with Gasteiger partial charge in [-0.15, -0.1) is 0 Å². The molecule has 0 amide bonds. The maximum absolute atomic E-state index is 6.15. The molecule has 0 bridgehead atoms. The molecule has 0 radical (unpaired) electrons. The molecule has 0 fully saturated rings. The summed E-state index contributed by atoms with van der Waals surface area (Å²) in [5.41, 5.74) is 8.34. The molecule has 1 aromatic carbocycles. The van der Waals surface area contributed by atoms with Crippen LogP contribution in [0.15, 0.2) is 41.0 Å². The van der Waals surface area contributed by atoms with Crippen LogP contribution >= 0.6 is 0 Å². The molecule has 17 heavy (non-hydrogen) atoms. The molecule has 0 spiro atoms. The Morgan fingerprint density at radius 2 is 2.18 bits per heavy atom. The fourth-order valence-electron chi connectivity index (χ4n) is 1.90. The first-order chi connectivity index (χ1) is 8.20. The lowest BCUT2D eigenvalue weighted by Crippen LogP contribution is -2.13. The molecule has 0 aliphatic rings. The third kappa shape index (κ3) is 2.68. The highest BCUT2D eigenvalue weighted by molar-refractivity contribution is 5.37. The van der Waals surface area contributed by atoms with Gasteiger partial charge in [-0.1, -0.05) is 12.1 Å². The Kier molecular flexibility index (Phi) is 3.49. The van der Waals surface area contributed by atoms with E-state index in [-0.39, 0.29) is 6.04 Å². The van der Waals surface area contributed by atoms with E-state index in [1.807, 2.05) is 31.2 Å². The number of nitrogens with two attached hydrogens (primary N) is 1. The van der Waals surface area contributed by atoms with Gasteiger partial charge in [0.2, 0.25) is 0 Å². The van der Waals surface area contributed by atoms with Crippen molar-refractivity contribution in [2.75, 3.05) is 7.11 Å². The molecule has 1 aromatic heterocycles. The third-order valence-corrected chi connectivity index (χ3v) is 2.85. The zero-order valence-corrected chi connectivity index (χ0v) is 10.1. The zero-order chi connectivity index (χ0) is 12.3. The Bertz CT molecular complexity index is 477. The number of benzene rings is 1. The number of rotatable bonds is 4. The van der Waals surface area contributed by atoms with E-state index in [2.05, 4.69) is 6.07 Å². The third-order valence-electron chi connectivity index (χ3n) is 2.85. The van der Waals surface area contributed by atoms with Gasteiger partial charge in [0.1, 0.15) is 11.5 Å². The van der Waals surface area contributed by atoms with Gasteiger partial charge < -0.3 is 14.9 Å². The van der Waals surface area contributed by atoms with Gasteiger partial charge >= 0.3 is 0 Å². The maximum Gasteiger partial charge on any atom is 0.121 e. The lowest BCUT2D eigenvalue weighted by Gasteiger charge is -2.13. The van der Waals surface area contributed by atoms with Crippen molar-refractivity contribution in [1.82, 2.24) is 0 Å². The minimum atomic E-state index is -0.0502. The summed E-state index contributed by atoms with van der Waals surface area (Å²) >= 11 is 0. The molecular weight excluding hydrogens is 214 g/mol. The second kappa shape index (κ2) is 5.06. The molecule has 3 heteroatoms. The quantitative estimate of drug-likeness (QED) is 0.880. The predicted molar refractivity (Wildman–Crippen MR) is 67.1 cm³/mol. The van der Waals surface area contributed by atoms with Crippen molar-refractivity contribution < 1.29 is 9.15 Å². The van der Waals surface area contributed by atoms with Crippen LogP contribution in [0.1, 0.15) is 22.9 Å². The first-order valence-corrected chi connectivity index (χ1v) is 5.63. The van der Waals surface area contributed by atoms with Gasteiger partial charge in [0, 0.05) is 12.5 Å². The van der Waals surface area contributed by atoms with Gasteiger partial charge in [-0.05, 0) is 36.2 Å². The number of methoxy groups -OCH3 is 1. The molecule has 0 saturated carbocycles. The van der Waals surface area contributed by atoms with E-state index in [4.69, 9.17) is 14.9 Å². The molecule has 0 aliphatic heterocycles. The van der Waals surface area contributed by atoms with Crippen molar-refractivity contribution in [3.63, 3.8) is 0 Å². The molecule has 90 valence electrons. The van der Waals surface area contributed by atoms with Gasteiger partial charge in [0.05, 0.1) is 13.4 Å². The molecule has 0 saturated heterocycles. The second-order valence-corrected chi connectivity index (χ2v) is 4.12. The Hall–Kier alpha value is -1.74. The minimum absolute atomic E-state index is 0.0502. The summed E-state index contributed by atoms with van der Waals surface area (Å²) in [5, 5.41) is 0. The minimum Gasteiger partial charge on any atom is -0.496 e. The maximum atomic E-state index is 6.15. The molecule has 3 nitrogen and oxygen atoms in total. The second-order valence-electron chi connectivity index (χ2n) is 4.12. The largest absolute Gasteiger partial charge is 0.496 e. The highest BCUT2D eigenvalue weighted by Gasteiger charge is 2.10. The molecule has 1 unspecified atom stereocenters. The summed E-state index contributed by atoms with van der Waals surface area (Å²) in [6, 6.07) is 9.78. The van der Waals surface area contributed by atoms with Gasteiger partial charge in [-0.25, -0.2) is 0 Å². The van der Waals surface area contributed by atoms with E-state index in [0.29, 0.717) is 6.42 Å². The zero-order valence-electron chi connectivity index (χ0n) is 10.1. The summed E-state index contributed by atoms with van der Waals surface area (Å²) < 4.78 is 10.5. The predicted octanol–water partition coefficient (Wildman–Crippen LogP) is 2.84. The Balaban J connectivity index is 2.14. The monoisotopic (exact) mass is 231 g/mol. The van der Waals surface area contributed by atoms with E-state index in [1.165, 1.54) is 0 Å². The van der Waals surface area contributed by atoms with E-state index in [0.717, 1.165) is 22.6 Å². The summed E-state index contributed by atoms with van der Waals surface area (Å²) in [7, 11) is 1.67. The van der Waals surface area contributed by atoms with Gasteiger partial charge in [0.25, 0.3) is 0 Å². The topological polar surface area (TPSA) is 48.4 Å². The normalized spacial score (nSPS) is 12.4. The van der Waals surface area contributed by atoms with Gasteiger partial charge in [-0.2, -0.15) is 0 Å². The fraction of sp³-hybridized carbons (Fsp3) is 0.286. The van der Waals surface area contributed by atoms with Gasteiger partial charge in [-0.3, -0.25) is 0 Å². The lowest BCUT2D eigenvalue weighted by molar-refractivity contribution is 0.411. The van der Waals surface area contributed by atoms with Crippen molar-refractivity contribution in [1.29, 1.82) is 0 Å². The highest BCUT2D eigenvalue weighted by atomic mass is 16.5. The average molecular weight is 231 g/mol. The summed E-state index contributed by atoms with van der Waals surface area (Å²) in [5.74, 6) is 1.80. The standard InChI is InChI=1S/C14H17NO2/c1-10-8-11(5-6-14(10)16-2)13(15)9-12-4-3-7-17-12/h3-8,13H,9,15H2,1-2H3. The first-order valence-electron chi connectivity index (χ1n) is 5.63. The van der Waals surface area contributed by atoms with Crippen LogP contribution in [0, 0.1) is 6.92 Å². The molecule has 1 atom stereocenters. The van der Waals surface area contributed by atoms with Crippen molar-refractivity contribution in [3.8, 4) is 5.75 Å². The Morgan fingerprint density at radius 1 is 1.35 bits per heavy atom. The van der Waals surface area contributed by atoms with E-state index in [9.17, 15) is 0 Å². The molecule has 2 N–H and O–H groups in total. The van der Waals surface area contributed by atoms with E-state index in [1.54, 1.807) is 13.4 Å². The lowest BCUT2D eigenvalue weighted by atomic mass is 10.0. The van der Waals surface area contributed by atoms with Crippen LogP contribution in [-0.2, 0) is 6.42 Å². The number of aryl methyl sites for hydroxylation is 1. The van der Waals surface area contributed by atoms with Crippen molar-refractivity contribution >= 4 is 0 Å². The molecule has 2 rings (SSSR count). The summed E-state index contributed by atoms with van der Waals surface area (Å²) in [6.45, 7) is 2.02. The molecule has 1 heterocycles. The van der Waals surface area contributed by atoms with Crippen molar-refractivity contribution in [2.45, 2.75) is 19.4 Å². The number of hydrogen-bond acceptors (Lipinski definition) is 3. The van der Waals surface area contributed by atoms with Crippen LogP contribution in [0.4, 0.5) is 0 Å². The van der Waals surface area contributed by atoms with E-state index >= 15 is 0 Å². The fourth-order valence-corrected chi connectivity index (χ4v) is 1.90. The smallest absolute Gasteiger partial charge is 0.121 e. The van der Waals surface area contributed by atoms with Crippen molar-refractivity contribution in [2.24, 2.45) is 5.73 Å². The van der Waals surface area contributed by atoms with Gasteiger partial charge in [0.15, 0.2) is 0 Å². The number of furan rings is 1. The Labute approximate surface area is 101 Å². The van der Waals surface area contributed by atoms with Crippen LogP contribution in [0.5, 0.6) is 5.75 Å². The van der Waals surface area contributed by atoms with Crippen LogP contribution in [0.3, 0.4) is 0 Å². The van der Waals surface area contributed by atoms with Crippen LogP contribution in [0.25, 0.3) is 0 Å². The molecule has 2 aromatic rings. The number of hydrogen-bond donors (Lipinski definition) is 1. The SMILES string of the molecule is COc1ccc(C(N)Cc2ccco2)cc1C. The Morgan fingerprint density at radius 3 is 2.76 bits per heavy atom. The van der Waals surface area contributed by atoms with Crippen LogP contribution < -0.4 is 10.5 Å². The summed E-state index contributed by atoms with van der Waals surface area (Å²) in [4.78, 5) is 0. The molecule has 0 aliphatic carbocycles.